The molecule has 1 aromatic heterocycles. The number of aromatic nitrogens is 1. The maximum atomic E-state index is 10.9. The zero-order chi connectivity index (χ0) is 13.1. The molecule has 1 aromatic carbocycles. The fourth-order valence-electron chi connectivity index (χ4n) is 1.70. The molecule has 1 heterocycles. The van der Waals surface area contributed by atoms with Crippen LogP contribution in [0.5, 0.6) is 0 Å². The van der Waals surface area contributed by atoms with Crippen LogP contribution in [0.2, 0.25) is 5.02 Å². The Morgan fingerprint density at radius 3 is 2.83 bits per heavy atom. The smallest absolute Gasteiger partial charge is 0.275 e. The van der Waals surface area contributed by atoms with Gasteiger partial charge in [-0.3, -0.25) is 10.1 Å². The highest BCUT2D eigenvalue weighted by Crippen LogP contribution is 2.27. The summed E-state index contributed by atoms with van der Waals surface area (Å²) in [7, 11) is 0. The summed E-state index contributed by atoms with van der Waals surface area (Å²) in [4.78, 5) is 10.5. The summed E-state index contributed by atoms with van der Waals surface area (Å²) in [6.07, 6.45) is 1.69. The van der Waals surface area contributed by atoms with Crippen LogP contribution in [0, 0.1) is 21.4 Å². The van der Waals surface area contributed by atoms with Gasteiger partial charge in [0.1, 0.15) is 11.8 Å². The first-order valence-electron chi connectivity index (χ1n) is 5.10. The minimum atomic E-state index is -0.475. The number of nitro benzene ring substituents is 1. The van der Waals surface area contributed by atoms with E-state index in [1.54, 1.807) is 29.0 Å². The largest absolute Gasteiger partial charge is 0.335 e. The fraction of sp³-hybridized carbons (Fsp3) is 0.0833. The number of nitriles is 1. The van der Waals surface area contributed by atoms with Crippen molar-refractivity contribution < 1.29 is 4.92 Å². The molecule has 2 aromatic rings. The van der Waals surface area contributed by atoms with Gasteiger partial charge in [-0.15, -0.1) is 0 Å². The van der Waals surface area contributed by atoms with Gasteiger partial charge < -0.3 is 4.57 Å². The van der Waals surface area contributed by atoms with E-state index in [-0.39, 0.29) is 12.2 Å². The van der Waals surface area contributed by atoms with Gasteiger partial charge in [0.25, 0.3) is 5.69 Å². The highest BCUT2D eigenvalue weighted by atomic mass is 35.5. The van der Waals surface area contributed by atoms with Crippen LogP contribution in [0.25, 0.3) is 0 Å². The van der Waals surface area contributed by atoms with Crippen molar-refractivity contribution in [1.29, 1.82) is 5.26 Å². The highest BCUT2D eigenvalue weighted by molar-refractivity contribution is 6.31. The topological polar surface area (TPSA) is 71.9 Å². The molecular weight excluding hydrogens is 254 g/mol. The Labute approximate surface area is 108 Å². The van der Waals surface area contributed by atoms with Crippen molar-refractivity contribution in [3.8, 4) is 6.07 Å². The molecule has 0 unspecified atom stereocenters. The van der Waals surface area contributed by atoms with Gasteiger partial charge in [0.2, 0.25) is 0 Å². The van der Waals surface area contributed by atoms with Gasteiger partial charge in [-0.25, -0.2) is 0 Å². The van der Waals surface area contributed by atoms with Crippen LogP contribution in [-0.4, -0.2) is 9.49 Å². The van der Waals surface area contributed by atoms with Crippen molar-refractivity contribution >= 4 is 17.3 Å². The second-order valence-electron chi connectivity index (χ2n) is 3.63. The van der Waals surface area contributed by atoms with Crippen LogP contribution >= 0.6 is 11.6 Å². The molecule has 0 aliphatic carbocycles. The van der Waals surface area contributed by atoms with E-state index < -0.39 is 4.92 Å². The Bertz CT molecular complexity index is 643. The van der Waals surface area contributed by atoms with Crippen LogP contribution in [0.3, 0.4) is 0 Å². The van der Waals surface area contributed by atoms with Crippen LogP contribution in [-0.2, 0) is 6.54 Å². The predicted molar refractivity (Wildman–Crippen MR) is 66.4 cm³/mol. The Hall–Kier alpha value is -2.32. The summed E-state index contributed by atoms with van der Waals surface area (Å²) < 4.78 is 1.62. The van der Waals surface area contributed by atoms with Crippen LogP contribution in [0.15, 0.2) is 36.5 Å². The van der Waals surface area contributed by atoms with Crippen molar-refractivity contribution in [3.05, 3.63) is 62.9 Å². The summed E-state index contributed by atoms with van der Waals surface area (Å²) >= 11 is 5.99. The van der Waals surface area contributed by atoms with Crippen molar-refractivity contribution in [2.45, 2.75) is 6.54 Å². The lowest BCUT2D eigenvalue weighted by molar-refractivity contribution is -0.385. The average Bonchev–Trinajstić information content (AvgIpc) is 2.78. The average molecular weight is 262 g/mol. The van der Waals surface area contributed by atoms with E-state index in [4.69, 9.17) is 16.9 Å². The molecule has 0 aliphatic heterocycles. The molecule has 18 heavy (non-hydrogen) atoms. The zero-order valence-electron chi connectivity index (χ0n) is 9.21. The van der Waals surface area contributed by atoms with Crippen LogP contribution < -0.4 is 0 Å². The standard InChI is InChI=1S/C12H8ClN3O2/c13-11-4-1-5-12(16(17)18)10(11)8-15-6-2-3-9(15)7-14/h1-6H,8H2. The molecule has 0 saturated carbocycles. The minimum Gasteiger partial charge on any atom is -0.335 e. The fourth-order valence-corrected chi connectivity index (χ4v) is 1.93. The van der Waals surface area contributed by atoms with Crippen molar-refractivity contribution in [1.82, 2.24) is 4.57 Å². The second-order valence-corrected chi connectivity index (χ2v) is 4.03. The number of nitrogens with zero attached hydrogens (tertiary/aromatic N) is 3. The first-order valence-corrected chi connectivity index (χ1v) is 5.48. The van der Waals surface area contributed by atoms with Gasteiger partial charge in [-0.2, -0.15) is 5.26 Å². The maximum absolute atomic E-state index is 10.9. The molecule has 0 amide bonds. The molecule has 0 N–H and O–H groups in total. The molecule has 5 nitrogen and oxygen atoms in total. The van der Waals surface area contributed by atoms with Crippen molar-refractivity contribution in [2.24, 2.45) is 0 Å². The molecule has 6 heteroatoms. The number of hydrogen-bond acceptors (Lipinski definition) is 3. The minimum absolute atomic E-state index is 0.0416. The van der Waals surface area contributed by atoms with E-state index in [2.05, 4.69) is 0 Å². The lowest BCUT2D eigenvalue weighted by Crippen LogP contribution is -2.04. The number of benzene rings is 1. The quantitative estimate of drug-likeness (QED) is 0.630. The molecule has 0 aliphatic rings. The monoisotopic (exact) mass is 261 g/mol. The molecule has 2 rings (SSSR count). The van der Waals surface area contributed by atoms with Crippen molar-refractivity contribution in [3.63, 3.8) is 0 Å². The Balaban J connectivity index is 2.47. The van der Waals surface area contributed by atoms with Crippen molar-refractivity contribution in [2.75, 3.05) is 0 Å². The number of nitro groups is 1. The zero-order valence-corrected chi connectivity index (χ0v) is 9.96. The van der Waals surface area contributed by atoms with Gasteiger partial charge in [0.15, 0.2) is 0 Å². The molecule has 0 radical (unpaired) electrons. The first-order chi connectivity index (χ1) is 8.63. The normalized spacial score (nSPS) is 10.0. The molecular formula is C12H8ClN3O2. The SMILES string of the molecule is N#Cc1cccn1Cc1c(Cl)cccc1[N+](=O)[O-]. The van der Waals surface area contributed by atoms with Gasteiger partial charge in [0.05, 0.1) is 22.1 Å². The summed E-state index contributed by atoms with van der Waals surface area (Å²) in [5.41, 5.74) is 0.793. The third kappa shape index (κ3) is 2.19. The number of rotatable bonds is 3. The predicted octanol–water partition coefficient (Wildman–Crippen LogP) is 2.97. The summed E-state index contributed by atoms with van der Waals surface area (Å²) in [6, 6.07) is 9.89. The lowest BCUT2D eigenvalue weighted by atomic mass is 10.1. The van der Waals surface area contributed by atoms with E-state index in [9.17, 15) is 10.1 Å². The van der Waals surface area contributed by atoms with E-state index in [0.29, 0.717) is 16.3 Å². The van der Waals surface area contributed by atoms with E-state index >= 15 is 0 Å². The van der Waals surface area contributed by atoms with E-state index in [0.717, 1.165) is 0 Å². The molecule has 0 saturated heterocycles. The molecule has 90 valence electrons. The summed E-state index contributed by atoms with van der Waals surface area (Å²) in [5.74, 6) is 0. The third-order valence-electron chi connectivity index (χ3n) is 2.56. The van der Waals surface area contributed by atoms with E-state index in [1.807, 2.05) is 6.07 Å². The van der Waals surface area contributed by atoms with Gasteiger partial charge in [-0.05, 0) is 18.2 Å². The van der Waals surface area contributed by atoms with Gasteiger partial charge in [-0.1, -0.05) is 17.7 Å². The third-order valence-corrected chi connectivity index (χ3v) is 2.92. The molecule has 0 atom stereocenters. The number of hydrogen-bond donors (Lipinski definition) is 0. The first kappa shape index (κ1) is 12.1. The van der Waals surface area contributed by atoms with Gasteiger partial charge in [0, 0.05) is 12.3 Å². The molecule has 0 spiro atoms. The Kier molecular flexibility index (Phi) is 3.31. The summed E-state index contributed by atoms with van der Waals surface area (Å²) in [6.45, 7) is 0.200. The van der Waals surface area contributed by atoms with E-state index in [1.165, 1.54) is 12.1 Å². The number of halogens is 1. The summed E-state index contributed by atoms with van der Waals surface area (Å²) in [5, 5.41) is 20.1. The Morgan fingerprint density at radius 2 is 2.17 bits per heavy atom. The Morgan fingerprint density at radius 1 is 1.39 bits per heavy atom. The molecule has 0 fully saturated rings. The lowest BCUT2D eigenvalue weighted by Gasteiger charge is -2.07. The second kappa shape index (κ2) is 4.90. The van der Waals surface area contributed by atoms with Crippen LogP contribution in [0.4, 0.5) is 5.69 Å². The van der Waals surface area contributed by atoms with Crippen LogP contribution in [0.1, 0.15) is 11.3 Å². The molecule has 0 bridgehead atoms. The highest BCUT2D eigenvalue weighted by Gasteiger charge is 2.17. The maximum Gasteiger partial charge on any atom is 0.275 e. The van der Waals surface area contributed by atoms with Gasteiger partial charge >= 0.3 is 0 Å².